The van der Waals surface area contributed by atoms with Crippen LogP contribution in [0.3, 0.4) is 0 Å². The molecule has 1 heterocycles. The summed E-state index contributed by atoms with van der Waals surface area (Å²) in [6.45, 7) is 4.22. The van der Waals surface area contributed by atoms with Crippen molar-refractivity contribution in [3.63, 3.8) is 0 Å². The minimum Gasteiger partial charge on any atom is -0.253 e. The Balaban J connectivity index is 1.87. The van der Waals surface area contributed by atoms with E-state index in [4.69, 9.17) is 16.6 Å². The van der Waals surface area contributed by atoms with E-state index in [9.17, 15) is 0 Å². The summed E-state index contributed by atoms with van der Waals surface area (Å²) in [5.74, 6) is 0. The van der Waals surface area contributed by atoms with Crippen LogP contribution in [0.5, 0.6) is 0 Å². The fourth-order valence-corrected chi connectivity index (χ4v) is 3.10. The molecule has 0 radical (unpaired) electrons. The molecule has 0 bridgehead atoms. The molecule has 106 valence electrons. The first kappa shape index (κ1) is 14.1. The van der Waals surface area contributed by atoms with Gasteiger partial charge in [0, 0.05) is 17.5 Å². The van der Waals surface area contributed by atoms with Crippen LogP contribution in [0, 0.1) is 13.8 Å². The van der Waals surface area contributed by atoms with E-state index in [1.165, 1.54) is 22.1 Å². The van der Waals surface area contributed by atoms with Gasteiger partial charge in [-0.05, 0) is 37.1 Å². The van der Waals surface area contributed by atoms with Crippen molar-refractivity contribution >= 4 is 22.5 Å². The van der Waals surface area contributed by atoms with E-state index in [-0.39, 0.29) is 5.38 Å². The summed E-state index contributed by atoms with van der Waals surface area (Å²) in [7, 11) is 0. The number of para-hydroxylation sites is 1. The Bertz CT molecular complexity index is 779. The molecule has 0 aliphatic heterocycles. The normalized spacial score (nSPS) is 12.5. The number of halogens is 1. The molecule has 0 aliphatic carbocycles. The molecule has 1 aromatic heterocycles. The number of pyridine rings is 1. The first-order valence-corrected chi connectivity index (χ1v) is 7.63. The number of hydrogen-bond donors (Lipinski definition) is 0. The van der Waals surface area contributed by atoms with Crippen molar-refractivity contribution in [2.75, 3.05) is 0 Å². The Morgan fingerprint density at radius 2 is 1.81 bits per heavy atom. The Hall–Kier alpha value is -1.86. The molecule has 0 amide bonds. The average Bonchev–Trinajstić information content (AvgIpc) is 2.47. The number of aryl methyl sites for hydroxylation is 2. The summed E-state index contributed by atoms with van der Waals surface area (Å²) in [6, 6.07) is 18.8. The van der Waals surface area contributed by atoms with Crippen LogP contribution in [0.4, 0.5) is 0 Å². The van der Waals surface area contributed by atoms with Gasteiger partial charge in [-0.15, -0.1) is 11.6 Å². The molecular formula is C19H18ClN. The zero-order valence-corrected chi connectivity index (χ0v) is 13.1. The van der Waals surface area contributed by atoms with Gasteiger partial charge < -0.3 is 0 Å². The summed E-state index contributed by atoms with van der Waals surface area (Å²) < 4.78 is 0. The summed E-state index contributed by atoms with van der Waals surface area (Å²) in [5, 5.41) is 1.12. The number of benzene rings is 2. The van der Waals surface area contributed by atoms with Gasteiger partial charge in [-0.3, -0.25) is 4.98 Å². The lowest BCUT2D eigenvalue weighted by Crippen LogP contribution is -2.01. The summed E-state index contributed by atoms with van der Waals surface area (Å²) in [4.78, 5) is 4.70. The molecule has 3 aromatic rings. The Morgan fingerprint density at radius 1 is 1.00 bits per heavy atom. The third-order valence-electron chi connectivity index (χ3n) is 3.81. The molecule has 0 fully saturated rings. The SMILES string of the molecule is Cc1ccc(C(Cl)Cc2ccc3ccccc3n2)c(C)c1. The number of nitrogens with zero attached hydrogens (tertiary/aromatic N) is 1. The fraction of sp³-hybridized carbons (Fsp3) is 0.211. The highest BCUT2D eigenvalue weighted by Gasteiger charge is 2.12. The molecule has 0 saturated carbocycles. The Kier molecular flexibility index (Phi) is 3.94. The van der Waals surface area contributed by atoms with Crippen LogP contribution in [0.2, 0.25) is 0 Å². The molecule has 2 aromatic carbocycles. The van der Waals surface area contributed by atoms with Crippen molar-refractivity contribution in [3.8, 4) is 0 Å². The summed E-state index contributed by atoms with van der Waals surface area (Å²) in [5.41, 5.74) is 5.77. The predicted octanol–water partition coefficient (Wildman–Crippen LogP) is 5.37. The second kappa shape index (κ2) is 5.87. The molecule has 0 spiro atoms. The van der Waals surface area contributed by atoms with Gasteiger partial charge in [-0.25, -0.2) is 0 Å². The molecule has 0 aliphatic rings. The van der Waals surface area contributed by atoms with Crippen LogP contribution >= 0.6 is 11.6 Å². The van der Waals surface area contributed by atoms with Crippen molar-refractivity contribution < 1.29 is 0 Å². The lowest BCUT2D eigenvalue weighted by atomic mass is 10.00. The Morgan fingerprint density at radius 3 is 2.62 bits per heavy atom. The zero-order chi connectivity index (χ0) is 14.8. The van der Waals surface area contributed by atoms with Crippen LogP contribution < -0.4 is 0 Å². The van der Waals surface area contributed by atoms with Gasteiger partial charge in [0.2, 0.25) is 0 Å². The maximum Gasteiger partial charge on any atom is 0.0705 e. The van der Waals surface area contributed by atoms with Crippen molar-refractivity contribution in [3.05, 3.63) is 77.0 Å². The highest BCUT2D eigenvalue weighted by molar-refractivity contribution is 6.21. The quantitative estimate of drug-likeness (QED) is 0.592. The second-order valence-electron chi connectivity index (χ2n) is 5.53. The largest absolute Gasteiger partial charge is 0.253 e. The van der Waals surface area contributed by atoms with Crippen LogP contribution in [-0.4, -0.2) is 4.98 Å². The third-order valence-corrected chi connectivity index (χ3v) is 4.20. The van der Waals surface area contributed by atoms with Gasteiger partial charge >= 0.3 is 0 Å². The van der Waals surface area contributed by atoms with E-state index in [2.05, 4.69) is 50.2 Å². The lowest BCUT2D eigenvalue weighted by molar-refractivity contribution is 0.879. The predicted molar refractivity (Wildman–Crippen MR) is 90.0 cm³/mol. The first-order chi connectivity index (χ1) is 10.1. The van der Waals surface area contributed by atoms with Gasteiger partial charge in [0.15, 0.2) is 0 Å². The number of hydrogen-bond acceptors (Lipinski definition) is 1. The van der Waals surface area contributed by atoms with Crippen LogP contribution in [0.25, 0.3) is 10.9 Å². The van der Waals surface area contributed by atoms with Gasteiger partial charge in [0.1, 0.15) is 0 Å². The van der Waals surface area contributed by atoms with Crippen molar-refractivity contribution in [2.45, 2.75) is 25.6 Å². The third kappa shape index (κ3) is 3.08. The van der Waals surface area contributed by atoms with Crippen molar-refractivity contribution in [1.29, 1.82) is 0 Å². The molecular weight excluding hydrogens is 278 g/mol. The summed E-state index contributed by atoms with van der Waals surface area (Å²) in [6.07, 6.45) is 0.746. The molecule has 0 saturated heterocycles. The van der Waals surface area contributed by atoms with Gasteiger partial charge in [0.05, 0.1) is 10.9 Å². The molecule has 21 heavy (non-hydrogen) atoms. The Labute approximate surface area is 130 Å². The maximum atomic E-state index is 6.61. The second-order valence-corrected chi connectivity index (χ2v) is 6.05. The van der Waals surface area contributed by atoms with E-state index in [1.54, 1.807) is 0 Å². The van der Waals surface area contributed by atoms with Crippen LogP contribution in [0.1, 0.15) is 27.8 Å². The highest BCUT2D eigenvalue weighted by Crippen LogP contribution is 2.28. The van der Waals surface area contributed by atoms with E-state index in [0.29, 0.717) is 0 Å². The first-order valence-electron chi connectivity index (χ1n) is 7.19. The molecule has 1 nitrogen and oxygen atoms in total. The lowest BCUT2D eigenvalue weighted by Gasteiger charge is -2.13. The number of rotatable bonds is 3. The van der Waals surface area contributed by atoms with Crippen LogP contribution in [-0.2, 0) is 6.42 Å². The van der Waals surface area contributed by atoms with Crippen LogP contribution in [0.15, 0.2) is 54.6 Å². The zero-order valence-electron chi connectivity index (χ0n) is 12.3. The van der Waals surface area contributed by atoms with Gasteiger partial charge in [0.25, 0.3) is 0 Å². The molecule has 1 atom stereocenters. The summed E-state index contributed by atoms with van der Waals surface area (Å²) >= 11 is 6.61. The average molecular weight is 296 g/mol. The molecule has 1 unspecified atom stereocenters. The minimum atomic E-state index is -0.0423. The van der Waals surface area contributed by atoms with Gasteiger partial charge in [-0.2, -0.15) is 0 Å². The fourth-order valence-electron chi connectivity index (χ4n) is 2.69. The van der Waals surface area contributed by atoms with Crippen molar-refractivity contribution in [1.82, 2.24) is 4.98 Å². The minimum absolute atomic E-state index is 0.0423. The van der Waals surface area contributed by atoms with E-state index < -0.39 is 0 Å². The molecule has 3 rings (SSSR count). The molecule has 0 N–H and O–H groups in total. The van der Waals surface area contributed by atoms with E-state index in [1.807, 2.05) is 18.2 Å². The monoisotopic (exact) mass is 295 g/mol. The van der Waals surface area contributed by atoms with Gasteiger partial charge in [-0.1, -0.05) is 48.0 Å². The number of aromatic nitrogens is 1. The number of fused-ring (bicyclic) bond motifs is 1. The molecule has 2 heteroatoms. The standard InChI is InChI=1S/C19H18ClN/c1-13-7-10-17(14(2)11-13)18(20)12-16-9-8-15-5-3-4-6-19(15)21-16/h3-11,18H,12H2,1-2H3. The number of alkyl halides is 1. The van der Waals surface area contributed by atoms with E-state index in [0.717, 1.165) is 17.6 Å². The smallest absolute Gasteiger partial charge is 0.0705 e. The van der Waals surface area contributed by atoms with E-state index >= 15 is 0 Å². The highest BCUT2D eigenvalue weighted by atomic mass is 35.5. The van der Waals surface area contributed by atoms with Crippen molar-refractivity contribution in [2.24, 2.45) is 0 Å². The topological polar surface area (TPSA) is 12.9 Å². The maximum absolute atomic E-state index is 6.61.